The summed E-state index contributed by atoms with van der Waals surface area (Å²) in [4.78, 5) is 19.5. The summed E-state index contributed by atoms with van der Waals surface area (Å²) in [6.45, 7) is 3.97. The second kappa shape index (κ2) is 5.09. The fraction of sp³-hybridized carbons (Fsp3) is 0.273. The molecule has 0 aliphatic rings. The van der Waals surface area contributed by atoms with E-state index >= 15 is 0 Å². The lowest BCUT2D eigenvalue weighted by molar-refractivity contribution is -0.385. The summed E-state index contributed by atoms with van der Waals surface area (Å²) in [5.41, 5.74) is -0.0155. The van der Waals surface area contributed by atoms with Gasteiger partial charge in [0.05, 0.1) is 11.0 Å². The highest BCUT2D eigenvalue weighted by Crippen LogP contribution is 2.22. The van der Waals surface area contributed by atoms with Gasteiger partial charge in [0.25, 0.3) is 5.69 Å². The van der Waals surface area contributed by atoms with Crippen molar-refractivity contribution in [3.63, 3.8) is 0 Å². The van der Waals surface area contributed by atoms with Crippen molar-refractivity contribution in [1.29, 1.82) is 0 Å². The molecule has 1 atom stereocenters. The molecular formula is C11H12N4O2S. The monoisotopic (exact) mass is 264 g/mol. The molecule has 18 heavy (non-hydrogen) atoms. The number of hydrogen-bond acceptors (Lipinski definition) is 6. The van der Waals surface area contributed by atoms with Crippen LogP contribution in [0.2, 0.25) is 0 Å². The minimum atomic E-state index is -0.468. The maximum absolute atomic E-state index is 10.5. The van der Waals surface area contributed by atoms with Crippen LogP contribution in [0.5, 0.6) is 0 Å². The van der Waals surface area contributed by atoms with Crippen LogP contribution in [-0.2, 0) is 0 Å². The molecule has 0 saturated heterocycles. The van der Waals surface area contributed by atoms with E-state index in [1.54, 1.807) is 17.4 Å². The van der Waals surface area contributed by atoms with Crippen molar-refractivity contribution in [1.82, 2.24) is 9.97 Å². The number of aryl methyl sites for hydroxylation is 1. The number of anilines is 1. The molecule has 0 aliphatic heterocycles. The van der Waals surface area contributed by atoms with Crippen molar-refractivity contribution in [3.05, 3.63) is 44.5 Å². The zero-order chi connectivity index (χ0) is 13.1. The topological polar surface area (TPSA) is 81.0 Å². The van der Waals surface area contributed by atoms with Crippen LogP contribution in [0, 0.1) is 17.0 Å². The van der Waals surface area contributed by atoms with E-state index in [-0.39, 0.29) is 11.7 Å². The quantitative estimate of drug-likeness (QED) is 0.678. The predicted octanol–water partition coefficient (Wildman–Crippen LogP) is 2.93. The fourth-order valence-corrected chi connectivity index (χ4v) is 2.21. The Morgan fingerprint density at radius 3 is 2.67 bits per heavy atom. The van der Waals surface area contributed by atoms with Crippen molar-refractivity contribution in [2.45, 2.75) is 19.9 Å². The van der Waals surface area contributed by atoms with Crippen LogP contribution < -0.4 is 5.32 Å². The average molecular weight is 264 g/mol. The lowest BCUT2D eigenvalue weighted by Gasteiger charge is -2.11. The Bertz CT molecular complexity index is 552. The van der Waals surface area contributed by atoms with E-state index in [0.29, 0.717) is 5.82 Å². The number of thiazole rings is 1. The molecule has 2 aromatic rings. The van der Waals surface area contributed by atoms with Crippen LogP contribution in [-0.4, -0.2) is 14.9 Å². The number of hydrogen-bond donors (Lipinski definition) is 1. The van der Waals surface area contributed by atoms with Gasteiger partial charge in [0.1, 0.15) is 17.0 Å². The molecule has 0 aliphatic carbocycles. The van der Waals surface area contributed by atoms with Crippen molar-refractivity contribution >= 4 is 22.8 Å². The van der Waals surface area contributed by atoms with Crippen LogP contribution in [0.15, 0.2) is 24.5 Å². The molecule has 0 aromatic carbocycles. The summed E-state index contributed by atoms with van der Waals surface area (Å²) in [5, 5.41) is 14.6. The van der Waals surface area contributed by atoms with E-state index in [1.807, 2.05) is 20.0 Å². The maximum atomic E-state index is 10.5. The lowest BCUT2D eigenvalue weighted by atomic mass is 10.3. The van der Waals surface area contributed by atoms with Gasteiger partial charge >= 0.3 is 0 Å². The molecule has 2 aromatic heterocycles. The van der Waals surface area contributed by atoms with Crippen LogP contribution in [0.25, 0.3) is 0 Å². The second-order valence-electron chi connectivity index (χ2n) is 3.83. The number of rotatable bonds is 4. The number of nitrogens with zero attached hydrogens (tertiary/aromatic N) is 3. The Morgan fingerprint density at radius 2 is 2.17 bits per heavy atom. The van der Waals surface area contributed by atoms with Gasteiger partial charge in [-0.05, 0) is 19.9 Å². The molecule has 94 valence electrons. The molecule has 0 spiro atoms. The third-order valence-electron chi connectivity index (χ3n) is 2.33. The SMILES string of the molecule is Cc1cnc(C(C)Nc2ccc([N+](=O)[O-])cn2)s1. The molecular weight excluding hydrogens is 252 g/mol. The Balaban J connectivity index is 2.07. The van der Waals surface area contributed by atoms with Gasteiger partial charge in [-0.25, -0.2) is 9.97 Å². The van der Waals surface area contributed by atoms with Gasteiger partial charge in [-0.15, -0.1) is 11.3 Å². The number of nitro groups is 1. The van der Waals surface area contributed by atoms with Gasteiger partial charge in [-0.2, -0.15) is 0 Å². The van der Waals surface area contributed by atoms with E-state index in [2.05, 4.69) is 15.3 Å². The van der Waals surface area contributed by atoms with Gasteiger partial charge < -0.3 is 5.32 Å². The first-order chi connectivity index (χ1) is 8.56. The molecule has 0 fully saturated rings. The zero-order valence-corrected chi connectivity index (χ0v) is 10.8. The highest BCUT2D eigenvalue weighted by molar-refractivity contribution is 7.11. The molecule has 0 amide bonds. The van der Waals surface area contributed by atoms with Gasteiger partial charge in [-0.3, -0.25) is 10.1 Å². The molecule has 0 saturated carbocycles. The zero-order valence-electron chi connectivity index (χ0n) is 9.95. The molecule has 6 nitrogen and oxygen atoms in total. The first-order valence-electron chi connectivity index (χ1n) is 5.35. The van der Waals surface area contributed by atoms with Crippen LogP contribution >= 0.6 is 11.3 Å². The standard InChI is InChI=1S/C11H12N4O2S/c1-7-5-13-11(18-7)8(2)14-10-4-3-9(6-12-10)15(16)17/h3-6,8H,1-2H3,(H,12,14). The Hall–Kier alpha value is -2.02. The minimum absolute atomic E-state index is 0.0155. The number of nitrogens with one attached hydrogen (secondary N) is 1. The third kappa shape index (κ3) is 2.80. The molecule has 1 N–H and O–H groups in total. The largest absolute Gasteiger partial charge is 0.361 e. The summed E-state index contributed by atoms with van der Waals surface area (Å²) >= 11 is 1.61. The highest BCUT2D eigenvalue weighted by atomic mass is 32.1. The van der Waals surface area contributed by atoms with E-state index < -0.39 is 4.92 Å². The Morgan fingerprint density at radius 1 is 1.39 bits per heavy atom. The third-order valence-corrected chi connectivity index (χ3v) is 3.43. The normalized spacial score (nSPS) is 12.1. The molecule has 2 heterocycles. The van der Waals surface area contributed by atoms with Crippen LogP contribution in [0.1, 0.15) is 22.9 Å². The summed E-state index contributed by atoms with van der Waals surface area (Å²) in [7, 11) is 0. The van der Waals surface area contributed by atoms with Crippen molar-refractivity contribution in [3.8, 4) is 0 Å². The minimum Gasteiger partial charge on any atom is -0.361 e. The second-order valence-corrected chi connectivity index (χ2v) is 5.10. The molecule has 0 bridgehead atoms. The van der Waals surface area contributed by atoms with Crippen LogP contribution in [0.4, 0.5) is 11.5 Å². The van der Waals surface area contributed by atoms with Crippen LogP contribution in [0.3, 0.4) is 0 Å². The molecule has 0 radical (unpaired) electrons. The molecule has 2 rings (SSSR count). The van der Waals surface area contributed by atoms with E-state index in [0.717, 1.165) is 9.88 Å². The number of pyridine rings is 1. The average Bonchev–Trinajstić information content (AvgIpc) is 2.76. The Labute approximate surface area is 108 Å². The first kappa shape index (κ1) is 12.4. The van der Waals surface area contributed by atoms with E-state index in [9.17, 15) is 10.1 Å². The van der Waals surface area contributed by atoms with Gasteiger partial charge in [-0.1, -0.05) is 0 Å². The number of aromatic nitrogens is 2. The molecule has 7 heteroatoms. The smallest absolute Gasteiger partial charge is 0.287 e. The first-order valence-corrected chi connectivity index (χ1v) is 6.17. The summed E-state index contributed by atoms with van der Waals surface area (Å²) in [6, 6.07) is 3.04. The van der Waals surface area contributed by atoms with Crippen molar-refractivity contribution < 1.29 is 4.92 Å². The van der Waals surface area contributed by atoms with Gasteiger partial charge in [0.2, 0.25) is 0 Å². The lowest BCUT2D eigenvalue weighted by Crippen LogP contribution is -2.07. The van der Waals surface area contributed by atoms with E-state index in [4.69, 9.17) is 0 Å². The summed E-state index contributed by atoms with van der Waals surface area (Å²) in [6.07, 6.45) is 3.06. The Kier molecular flexibility index (Phi) is 3.52. The maximum Gasteiger partial charge on any atom is 0.287 e. The van der Waals surface area contributed by atoms with E-state index in [1.165, 1.54) is 12.3 Å². The summed E-state index contributed by atoms with van der Waals surface area (Å²) in [5.74, 6) is 0.598. The summed E-state index contributed by atoms with van der Waals surface area (Å²) < 4.78 is 0. The van der Waals surface area contributed by atoms with Gasteiger partial charge in [0, 0.05) is 17.1 Å². The molecule has 1 unspecified atom stereocenters. The fourth-order valence-electron chi connectivity index (χ4n) is 1.44. The van der Waals surface area contributed by atoms with Crippen molar-refractivity contribution in [2.24, 2.45) is 0 Å². The highest BCUT2D eigenvalue weighted by Gasteiger charge is 2.11. The van der Waals surface area contributed by atoms with Crippen molar-refractivity contribution in [2.75, 3.05) is 5.32 Å². The van der Waals surface area contributed by atoms with Gasteiger partial charge in [0.15, 0.2) is 0 Å². The predicted molar refractivity (Wildman–Crippen MR) is 69.8 cm³/mol.